The first-order chi connectivity index (χ1) is 12.1. The number of fused-ring (bicyclic) bond motifs is 2. The van der Waals surface area contributed by atoms with Crippen molar-refractivity contribution in [2.45, 2.75) is 5.92 Å². The molecular weight excluding hydrogens is 390 g/mol. The van der Waals surface area contributed by atoms with Gasteiger partial charge in [-0.3, -0.25) is 0 Å². The Morgan fingerprint density at radius 1 is 1.04 bits per heavy atom. The summed E-state index contributed by atoms with van der Waals surface area (Å²) in [4.78, 5) is 0. The highest BCUT2D eigenvalue weighted by Gasteiger charge is 2.28. The van der Waals surface area contributed by atoms with Crippen molar-refractivity contribution >= 4 is 15.9 Å². The first-order valence-electron chi connectivity index (χ1n) is 7.61. The molecule has 2 N–H and O–H groups in total. The summed E-state index contributed by atoms with van der Waals surface area (Å²) >= 11 is 3.54. The molecule has 0 radical (unpaired) electrons. The fourth-order valence-corrected chi connectivity index (χ4v) is 3.70. The summed E-state index contributed by atoms with van der Waals surface area (Å²) in [6, 6.07) is 7.64. The van der Waals surface area contributed by atoms with Crippen molar-refractivity contribution in [1.82, 2.24) is 0 Å². The molecule has 130 valence electrons. The van der Waals surface area contributed by atoms with Gasteiger partial charge in [0, 0.05) is 17.5 Å². The van der Waals surface area contributed by atoms with Crippen molar-refractivity contribution in [3.8, 4) is 28.7 Å². The molecule has 1 unspecified atom stereocenters. The van der Waals surface area contributed by atoms with E-state index in [0.29, 0.717) is 34.6 Å². The van der Waals surface area contributed by atoms with Gasteiger partial charge < -0.3 is 29.4 Å². The fraction of sp³-hybridized carbons (Fsp3) is 0.222. The molecule has 0 saturated heterocycles. The van der Waals surface area contributed by atoms with E-state index in [4.69, 9.17) is 29.4 Å². The second-order valence-electron chi connectivity index (χ2n) is 5.63. The van der Waals surface area contributed by atoms with Crippen LogP contribution in [-0.2, 0) is 0 Å². The van der Waals surface area contributed by atoms with Crippen molar-refractivity contribution < 1.29 is 23.7 Å². The first-order valence-corrected chi connectivity index (χ1v) is 8.40. The van der Waals surface area contributed by atoms with E-state index < -0.39 is 0 Å². The second-order valence-corrected chi connectivity index (χ2v) is 6.48. The Labute approximate surface area is 153 Å². The lowest BCUT2D eigenvalue weighted by molar-refractivity contribution is 0.174. The van der Waals surface area contributed by atoms with Crippen molar-refractivity contribution in [3.05, 3.63) is 51.8 Å². The number of allylic oxidation sites excluding steroid dienone is 1. The molecule has 6 nitrogen and oxygen atoms in total. The zero-order valence-electron chi connectivity index (χ0n) is 13.7. The lowest BCUT2D eigenvalue weighted by Crippen LogP contribution is -2.16. The molecule has 2 aliphatic heterocycles. The second kappa shape index (κ2) is 6.07. The van der Waals surface area contributed by atoms with Crippen molar-refractivity contribution in [1.29, 1.82) is 0 Å². The molecular formula is C18H16BrNO5. The third kappa shape index (κ3) is 2.64. The van der Waals surface area contributed by atoms with Crippen LogP contribution >= 0.6 is 15.9 Å². The molecule has 4 rings (SSSR count). The van der Waals surface area contributed by atoms with Gasteiger partial charge in [-0.1, -0.05) is 0 Å². The van der Waals surface area contributed by atoms with Crippen molar-refractivity contribution in [3.63, 3.8) is 0 Å². The maximum absolute atomic E-state index is 5.99. The Morgan fingerprint density at radius 3 is 2.52 bits per heavy atom. The number of nitrogens with two attached hydrogens (primary N) is 1. The standard InChI is InChI=1S/C18H16BrNO5/c1-21-16-4-9(3-12(19)18(16)22-2)10-6-17(20)25-13-7-15-14(5-11(10)13)23-8-24-15/h3-7,10H,8,20H2,1-2H3. The molecule has 0 saturated carbocycles. The largest absolute Gasteiger partial charge is 0.493 e. The smallest absolute Gasteiger partial charge is 0.231 e. The summed E-state index contributed by atoms with van der Waals surface area (Å²) in [6.45, 7) is 0.202. The minimum Gasteiger partial charge on any atom is -0.493 e. The van der Waals surface area contributed by atoms with Crippen LogP contribution in [0.25, 0.3) is 0 Å². The van der Waals surface area contributed by atoms with Gasteiger partial charge in [0.1, 0.15) is 5.75 Å². The highest BCUT2D eigenvalue weighted by molar-refractivity contribution is 9.10. The maximum Gasteiger partial charge on any atom is 0.231 e. The SMILES string of the molecule is COc1cc(C2C=C(N)Oc3cc4c(cc32)OCO4)cc(Br)c1OC. The predicted octanol–water partition coefficient (Wildman–Crippen LogP) is 3.52. The van der Waals surface area contributed by atoms with Gasteiger partial charge in [-0.05, 0) is 45.8 Å². The fourth-order valence-electron chi connectivity index (χ4n) is 3.08. The highest BCUT2D eigenvalue weighted by atomic mass is 79.9. The molecule has 0 aromatic heterocycles. The average molecular weight is 406 g/mol. The number of ether oxygens (including phenoxy) is 5. The number of halogens is 1. The van der Waals surface area contributed by atoms with Crippen LogP contribution in [-0.4, -0.2) is 21.0 Å². The summed E-state index contributed by atoms with van der Waals surface area (Å²) in [5, 5.41) is 0. The summed E-state index contributed by atoms with van der Waals surface area (Å²) in [5.74, 6) is 3.49. The zero-order valence-corrected chi connectivity index (χ0v) is 15.3. The molecule has 2 heterocycles. The zero-order chi connectivity index (χ0) is 17.6. The van der Waals surface area contributed by atoms with Gasteiger partial charge >= 0.3 is 0 Å². The van der Waals surface area contributed by atoms with Crippen LogP contribution in [0.15, 0.2) is 40.7 Å². The topological polar surface area (TPSA) is 72.2 Å². The van der Waals surface area contributed by atoms with E-state index in [0.717, 1.165) is 15.6 Å². The van der Waals surface area contributed by atoms with Crippen LogP contribution < -0.4 is 29.4 Å². The first kappa shape index (κ1) is 16.0. The average Bonchev–Trinajstić information content (AvgIpc) is 3.05. The highest BCUT2D eigenvalue weighted by Crippen LogP contribution is 2.47. The van der Waals surface area contributed by atoms with E-state index in [1.54, 1.807) is 20.3 Å². The van der Waals surface area contributed by atoms with Crippen molar-refractivity contribution in [2.24, 2.45) is 5.73 Å². The number of methoxy groups -OCH3 is 2. The summed E-state index contributed by atoms with van der Waals surface area (Å²) in [5.41, 5.74) is 7.91. The van der Waals surface area contributed by atoms with Gasteiger partial charge in [-0.25, -0.2) is 0 Å². The number of rotatable bonds is 3. The van der Waals surface area contributed by atoms with E-state index in [1.807, 2.05) is 24.3 Å². The number of benzene rings is 2. The van der Waals surface area contributed by atoms with Gasteiger partial charge in [0.2, 0.25) is 6.79 Å². The van der Waals surface area contributed by atoms with E-state index in [1.165, 1.54) is 0 Å². The Kier molecular flexibility index (Phi) is 3.88. The minimum absolute atomic E-state index is 0.116. The third-order valence-electron chi connectivity index (χ3n) is 4.21. The molecule has 2 aliphatic rings. The Bertz CT molecular complexity index is 880. The van der Waals surface area contributed by atoms with Gasteiger partial charge in [-0.15, -0.1) is 0 Å². The normalized spacial score (nSPS) is 17.4. The maximum atomic E-state index is 5.99. The van der Waals surface area contributed by atoms with E-state index in [9.17, 15) is 0 Å². The molecule has 0 bridgehead atoms. The molecule has 0 spiro atoms. The number of hydrogen-bond donors (Lipinski definition) is 1. The van der Waals surface area contributed by atoms with E-state index >= 15 is 0 Å². The third-order valence-corrected chi connectivity index (χ3v) is 4.80. The molecule has 25 heavy (non-hydrogen) atoms. The molecule has 1 atom stereocenters. The Hall–Kier alpha value is -2.54. The van der Waals surface area contributed by atoms with Crippen LogP contribution in [0.3, 0.4) is 0 Å². The lowest BCUT2D eigenvalue weighted by atomic mass is 9.88. The summed E-state index contributed by atoms with van der Waals surface area (Å²) in [7, 11) is 3.21. The molecule has 2 aromatic carbocycles. The van der Waals surface area contributed by atoms with E-state index in [2.05, 4.69) is 15.9 Å². The van der Waals surface area contributed by atoms with E-state index in [-0.39, 0.29) is 12.7 Å². The minimum atomic E-state index is -0.116. The van der Waals surface area contributed by atoms with Crippen LogP contribution in [0.5, 0.6) is 28.7 Å². The lowest BCUT2D eigenvalue weighted by Gasteiger charge is -2.25. The number of hydrogen-bond acceptors (Lipinski definition) is 6. The van der Waals surface area contributed by atoms with Crippen molar-refractivity contribution in [2.75, 3.05) is 21.0 Å². The molecule has 0 fully saturated rings. The van der Waals surface area contributed by atoms with Gasteiger partial charge in [0.25, 0.3) is 0 Å². The van der Waals surface area contributed by atoms with Gasteiger partial charge in [0.05, 0.1) is 18.7 Å². The van der Waals surface area contributed by atoms with Gasteiger partial charge in [-0.2, -0.15) is 0 Å². The molecule has 0 amide bonds. The Balaban J connectivity index is 1.86. The quantitative estimate of drug-likeness (QED) is 0.841. The molecule has 7 heteroatoms. The van der Waals surface area contributed by atoms with Gasteiger partial charge in [0.15, 0.2) is 28.9 Å². The van der Waals surface area contributed by atoms with Crippen LogP contribution in [0, 0.1) is 0 Å². The van der Waals surface area contributed by atoms with Crippen LogP contribution in [0.4, 0.5) is 0 Å². The summed E-state index contributed by atoms with van der Waals surface area (Å²) < 4.78 is 28.2. The molecule has 2 aromatic rings. The molecule has 0 aliphatic carbocycles. The summed E-state index contributed by atoms with van der Waals surface area (Å²) in [6.07, 6.45) is 1.86. The monoisotopic (exact) mass is 405 g/mol. The van der Waals surface area contributed by atoms with Crippen LogP contribution in [0.1, 0.15) is 17.0 Å². The Morgan fingerprint density at radius 2 is 1.80 bits per heavy atom. The van der Waals surface area contributed by atoms with Crippen LogP contribution in [0.2, 0.25) is 0 Å². The predicted molar refractivity (Wildman–Crippen MR) is 94.6 cm³/mol.